The van der Waals surface area contributed by atoms with E-state index in [1.54, 1.807) is 31.2 Å². The normalized spacial score (nSPS) is 16.4. The zero-order chi connectivity index (χ0) is 20.8. The van der Waals surface area contributed by atoms with Crippen LogP contribution in [0.2, 0.25) is 0 Å². The minimum Gasteiger partial charge on any atom is -0.443 e. The summed E-state index contributed by atoms with van der Waals surface area (Å²) in [6, 6.07) is 9.98. The number of hydrogen-bond donors (Lipinski definition) is 2. The van der Waals surface area contributed by atoms with Gasteiger partial charge in [0.25, 0.3) is 5.91 Å². The standard InChI is InChI=1S/C22H26N2O4S/c1-3-14-10-11-17-16(12-14)13-18(29-17)21(26)28-19(15-8-6-5-7-9-15)20(25)24-22(27)23-4-2/h5-9,13-14,19H,3-4,10-12H2,1-2H3,(H2,23,24,25,27)/t14-,19+/m1/s1. The third-order valence-corrected chi connectivity index (χ3v) is 6.32. The van der Waals surface area contributed by atoms with Gasteiger partial charge in [-0.1, -0.05) is 43.7 Å². The Morgan fingerprint density at radius 1 is 1.21 bits per heavy atom. The lowest BCUT2D eigenvalue weighted by Gasteiger charge is -2.19. The summed E-state index contributed by atoms with van der Waals surface area (Å²) in [6.45, 7) is 4.32. The van der Waals surface area contributed by atoms with Gasteiger partial charge in [-0.2, -0.15) is 0 Å². The average molecular weight is 415 g/mol. The molecule has 2 atom stereocenters. The van der Waals surface area contributed by atoms with Crippen LogP contribution in [-0.4, -0.2) is 24.5 Å². The fourth-order valence-electron chi connectivity index (χ4n) is 3.50. The molecule has 0 spiro atoms. The largest absolute Gasteiger partial charge is 0.443 e. The second-order valence-electron chi connectivity index (χ2n) is 7.12. The van der Waals surface area contributed by atoms with Crippen LogP contribution in [0.5, 0.6) is 0 Å². The van der Waals surface area contributed by atoms with Gasteiger partial charge in [-0.25, -0.2) is 9.59 Å². The molecule has 0 unspecified atom stereocenters. The van der Waals surface area contributed by atoms with Gasteiger partial charge < -0.3 is 10.1 Å². The number of carbonyl (C=O) groups excluding carboxylic acids is 3. The number of benzene rings is 1. The Bertz CT molecular complexity index is 878. The summed E-state index contributed by atoms with van der Waals surface area (Å²) in [5.74, 6) is -0.568. The van der Waals surface area contributed by atoms with Crippen LogP contribution in [0.4, 0.5) is 4.79 Å². The van der Waals surface area contributed by atoms with Gasteiger partial charge in [-0.15, -0.1) is 11.3 Å². The highest BCUT2D eigenvalue weighted by Gasteiger charge is 2.29. The Kier molecular flexibility index (Phi) is 7.04. The number of thiophene rings is 1. The number of ether oxygens (including phenoxy) is 1. The molecule has 0 aliphatic heterocycles. The van der Waals surface area contributed by atoms with Crippen LogP contribution in [-0.2, 0) is 22.4 Å². The zero-order valence-corrected chi connectivity index (χ0v) is 17.5. The number of hydrogen-bond acceptors (Lipinski definition) is 5. The van der Waals surface area contributed by atoms with Crippen molar-refractivity contribution >= 4 is 29.2 Å². The van der Waals surface area contributed by atoms with E-state index in [0.717, 1.165) is 25.7 Å². The summed E-state index contributed by atoms with van der Waals surface area (Å²) in [6.07, 6.45) is 3.03. The van der Waals surface area contributed by atoms with Crippen molar-refractivity contribution < 1.29 is 19.1 Å². The predicted octanol–water partition coefficient (Wildman–Crippen LogP) is 4.01. The molecule has 1 aromatic heterocycles. The first kappa shape index (κ1) is 21.0. The first-order chi connectivity index (χ1) is 14.0. The zero-order valence-electron chi connectivity index (χ0n) is 16.7. The number of nitrogens with one attached hydrogen (secondary N) is 2. The molecule has 1 heterocycles. The summed E-state index contributed by atoms with van der Waals surface area (Å²) in [5, 5.41) is 4.74. The fourth-order valence-corrected chi connectivity index (χ4v) is 4.59. The second-order valence-corrected chi connectivity index (χ2v) is 8.26. The smallest absolute Gasteiger partial charge is 0.349 e. The Morgan fingerprint density at radius 3 is 2.66 bits per heavy atom. The van der Waals surface area contributed by atoms with E-state index in [4.69, 9.17) is 4.74 Å². The van der Waals surface area contributed by atoms with Crippen LogP contribution >= 0.6 is 11.3 Å². The van der Waals surface area contributed by atoms with Gasteiger partial charge in [0.15, 0.2) is 0 Å². The summed E-state index contributed by atoms with van der Waals surface area (Å²) < 4.78 is 5.57. The molecule has 3 rings (SSSR count). The van der Waals surface area contributed by atoms with E-state index in [2.05, 4.69) is 17.6 Å². The summed E-state index contributed by atoms with van der Waals surface area (Å²) in [7, 11) is 0. The molecule has 0 radical (unpaired) electrons. The van der Waals surface area contributed by atoms with Crippen LogP contribution in [0.1, 0.15) is 58.5 Å². The maximum atomic E-state index is 12.8. The van der Waals surface area contributed by atoms with Crippen molar-refractivity contribution in [1.29, 1.82) is 0 Å². The maximum Gasteiger partial charge on any atom is 0.349 e. The molecule has 0 bridgehead atoms. The number of esters is 1. The van der Waals surface area contributed by atoms with E-state index < -0.39 is 24.0 Å². The topological polar surface area (TPSA) is 84.5 Å². The number of urea groups is 1. The van der Waals surface area contributed by atoms with Crippen LogP contribution < -0.4 is 10.6 Å². The summed E-state index contributed by atoms with van der Waals surface area (Å²) >= 11 is 1.44. The fraction of sp³-hybridized carbons (Fsp3) is 0.409. The third kappa shape index (κ3) is 5.23. The quantitative estimate of drug-likeness (QED) is 0.700. The summed E-state index contributed by atoms with van der Waals surface area (Å²) in [4.78, 5) is 38.9. The molecule has 2 aromatic rings. The number of aryl methyl sites for hydroxylation is 1. The van der Waals surface area contributed by atoms with Crippen molar-refractivity contribution in [2.45, 2.75) is 45.6 Å². The van der Waals surface area contributed by atoms with Crippen LogP contribution in [0, 0.1) is 5.92 Å². The van der Waals surface area contributed by atoms with Crippen molar-refractivity contribution in [1.82, 2.24) is 10.6 Å². The molecule has 3 amide bonds. The highest BCUT2D eigenvalue weighted by molar-refractivity contribution is 7.14. The lowest BCUT2D eigenvalue weighted by Crippen LogP contribution is -2.42. The Labute approximate surface area is 174 Å². The van der Waals surface area contributed by atoms with Gasteiger partial charge in [0, 0.05) is 17.0 Å². The molecule has 0 fully saturated rings. The van der Waals surface area contributed by atoms with E-state index in [1.165, 1.54) is 21.8 Å². The molecule has 0 saturated carbocycles. The average Bonchev–Trinajstić information content (AvgIpc) is 3.16. The highest BCUT2D eigenvalue weighted by Crippen LogP contribution is 2.34. The molecule has 154 valence electrons. The molecular formula is C22H26N2O4S. The van der Waals surface area contributed by atoms with Gasteiger partial charge in [0.1, 0.15) is 4.88 Å². The Balaban J connectivity index is 1.77. The molecule has 1 aromatic carbocycles. The Hall–Kier alpha value is -2.67. The van der Waals surface area contributed by atoms with Crippen molar-refractivity contribution in [2.75, 3.05) is 6.54 Å². The highest BCUT2D eigenvalue weighted by atomic mass is 32.1. The molecule has 0 saturated heterocycles. The monoisotopic (exact) mass is 414 g/mol. The minimum atomic E-state index is -1.20. The van der Waals surface area contributed by atoms with Gasteiger partial charge in [-0.05, 0) is 43.7 Å². The first-order valence-corrected chi connectivity index (χ1v) is 10.8. The molecule has 1 aliphatic carbocycles. The SMILES string of the molecule is CCNC(=O)NC(=O)[C@@H](OC(=O)c1cc2c(s1)CC[C@@H](CC)C2)c1ccccc1. The summed E-state index contributed by atoms with van der Waals surface area (Å²) in [5.41, 5.74) is 1.72. The number of imide groups is 1. The van der Waals surface area contributed by atoms with Crippen LogP contribution in [0.3, 0.4) is 0 Å². The lowest BCUT2D eigenvalue weighted by atomic mass is 9.87. The second kappa shape index (κ2) is 9.69. The molecule has 1 aliphatic rings. The number of carbonyl (C=O) groups is 3. The van der Waals surface area contributed by atoms with Crippen molar-refractivity contribution in [3.63, 3.8) is 0 Å². The predicted molar refractivity (Wildman–Crippen MR) is 112 cm³/mol. The van der Waals surface area contributed by atoms with Crippen molar-refractivity contribution in [3.05, 3.63) is 57.3 Å². The van der Waals surface area contributed by atoms with Gasteiger partial charge in [0.05, 0.1) is 0 Å². The minimum absolute atomic E-state index is 0.383. The third-order valence-electron chi connectivity index (χ3n) is 5.10. The molecule has 7 heteroatoms. The first-order valence-electron chi connectivity index (χ1n) is 9.98. The van der Waals surface area contributed by atoms with Gasteiger partial charge in [-0.3, -0.25) is 10.1 Å². The molecule has 6 nitrogen and oxygen atoms in total. The van der Waals surface area contributed by atoms with E-state index >= 15 is 0 Å². The van der Waals surface area contributed by atoms with Gasteiger partial charge in [0.2, 0.25) is 6.10 Å². The van der Waals surface area contributed by atoms with Crippen molar-refractivity contribution in [3.8, 4) is 0 Å². The van der Waals surface area contributed by atoms with E-state index in [1.807, 2.05) is 12.1 Å². The van der Waals surface area contributed by atoms with E-state index in [9.17, 15) is 14.4 Å². The Morgan fingerprint density at radius 2 is 1.97 bits per heavy atom. The lowest BCUT2D eigenvalue weighted by molar-refractivity contribution is -0.129. The maximum absolute atomic E-state index is 12.8. The molecular weight excluding hydrogens is 388 g/mol. The number of amides is 3. The van der Waals surface area contributed by atoms with Crippen molar-refractivity contribution in [2.24, 2.45) is 5.92 Å². The van der Waals surface area contributed by atoms with Gasteiger partial charge >= 0.3 is 12.0 Å². The molecule has 29 heavy (non-hydrogen) atoms. The van der Waals surface area contributed by atoms with E-state index in [0.29, 0.717) is 22.9 Å². The number of fused-ring (bicyclic) bond motifs is 1. The van der Waals surface area contributed by atoms with Crippen LogP contribution in [0.15, 0.2) is 36.4 Å². The molecule has 2 N–H and O–H groups in total. The van der Waals surface area contributed by atoms with Crippen LogP contribution in [0.25, 0.3) is 0 Å². The van der Waals surface area contributed by atoms with E-state index in [-0.39, 0.29) is 0 Å². The number of rotatable bonds is 6.